The molecule has 74 valence electrons. The topological polar surface area (TPSA) is 21.7 Å². The van der Waals surface area contributed by atoms with Gasteiger partial charge in [0, 0.05) is 13.0 Å². The van der Waals surface area contributed by atoms with Crippen LogP contribution in [0.15, 0.2) is 24.3 Å². The van der Waals surface area contributed by atoms with Crippen molar-refractivity contribution in [3.8, 4) is 0 Å². The first-order valence-corrected chi connectivity index (χ1v) is 4.96. The molecule has 3 rings (SSSR count). The second-order valence-electron chi connectivity index (χ2n) is 3.92. The number of rotatable bonds is 0. The van der Waals surface area contributed by atoms with Crippen molar-refractivity contribution in [2.45, 2.75) is 12.5 Å². The molecule has 1 fully saturated rings. The van der Waals surface area contributed by atoms with Crippen LogP contribution in [0.3, 0.4) is 0 Å². The van der Waals surface area contributed by atoms with Crippen LogP contribution in [0.2, 0.25) is 0 Å². The van der Waals surface area contributed by atoms with E-state index in [-0.39, 0.29) is 6.10 Å². The van der Waals surface area contributed by atoms with Gasteiger partial charge >= 0.3 is 0 Å². The van der Waals surface area contributed by atoms with Gasteiger partial charge in [-0.2, -0.15) is 0 Å². The van der Waals surface area contributed by atoms with Crippen molar-refractivity contribution >= 4 is 0 Å². The molecule has 1 aromatic rings. The Bertz CT molecular complexity index is 353. The third-order valence-corrected chi connectivity index (χ3v) is 3.00. The van der Waals surface area contributed by atoms with Crippen molar-refractivity contribution in [2.24, 2.45) is 5.92 Å². The Balaban J connectivity index is 1.97. The van der Waals surface area contributed by atoms with Gasteiger partial charge in [-0.3, -0.25) is 9.68 Å². The Morgan fingerprint density at radius 2 is 2.21 bits per heavy atom. The fraction of sp³-hybridized carbons (Fsp3) is 0.455. The fourth-order valence-corrected chi connectivity index (χ4v) is 2.32. The van der Waals surface area contributed by atoms with E-state index in [1.165, 1.54) is 16.4 Å². The lowest BCUT2D eigenvalue weighted by Gasteiger charge is -2.31. The first-order chi connectivity index (χ1) is 6.84. The highest BCUT2D eigenvalue weighted by atomic mass is 17.0. The van der Waals surface area contributed by atoms with E-state index in [0.717, 1.165) is 13.0 Å². The van der Waals surface area contributed by atoms with Gasteiger partial charge in [0.05, 0.1) is 6.61 Å². The smallest absolute Gasteiger partial charge is 0.113 e. The maximum Gasteiger partial charge on any atom is 0.113 e. The average molecular weight is 191 g/mol. The van der Waals surface area contributed by atoms with Gasteiger partial charge in [-0.25, -0.2) is 0 Å². The van der Waals surface area contributed by atoms with Crippen molar-refractivity contribution in [2.75, 3.05) is 13.7 Å². The van der Waals surface area contributed by atoms with Gasteiger partial charge in [0.15, 0.2) is 0 Å². The molecule has 0 radical (unpaired) electrons. The van der Waals surface area contributed by atoms with E-state index in [9.17, 15) is 0 Å². The molecule has 0 spiro atoms. The molecule has 3 nitrogen and oxygen atoms in total. The molecule has 2 atom stereocenters. The summed E-state index contributed by atoms with van der Waals surface area (Å²) in [6, 6.07) is 8.48. The van der Waals surface area contributed by atoms with E-state index in [1.54, 1.807) is 7.05 Å². The largest absolute Gasteiger partial charge is 0.274 e. The summed E-state index contributed by atoms with van der Waals surface area (Å²) in [6.45, 7) is 0.760. The molecule has 14 heavy (non-hydrogen) atoms. The zero-order chi connectivity index (χ0) is 9.54. The summed E-state index contributed by atoms with van der Waals surface area (Å²) in [6.07, 6.45) is 1.28. The van der Waals surface area contributed by atoms with Crippen LogP contribution in [-0.4, -0.2) is 18.9 Å². The predicted molar refractivity (Wildman–Crippen MR) is 51.2 cm³/mol. The summed E-state index contributed by atoms with van der Waals surface area (Å²) < 4.78 is 0. The summed E-state index contributed by atoms with van der Waals surface area (Å²) in [4.78, 5) is 11.0. The molecule has 1 aliphatic carbocycles. The number of hydrogen-bond acceptors (Lipinski definition) is 3. The maximum absolute atomic E-state index is 5.65. The number of benzene rings is 1. The van der Waals surface area contributed by atoms with Crippen LogP contribution in [0.25, 0.3) is 0 Å². The van der Waals surface area contributed by atoms with Crippen LogP contribution in [-0.2, 0) is 16.1 Å². The zero-order valence-corrected chi connectivity index (χ0v) is 8.14. The highest BCUT2D eigenvalue weighted by molar-refractivity contribution is 5.34. The zero-order valence-electron chi connectivity index (χ0n) is 8.14. The minimum absolute atomic E-state index is 0.199. The molecule has 0 bridgehead atoms. The summed E-state index contributed by atoms with van der Waals surface area (Å²) >= 11 is 0. The Kier molecular flexibility index (Phi) is 1.83. The van der Waals surface area contributed by atoms with Gasteiger partial charge < -0.3 is 0 Å². The normalized spacial score (nSPS) is 31.2. The van der Waals surface area contributed by atoms with Gasteiger partial charge in [-0.1, -0.05) is 29.5 Å². The fourth-order valence-electron chi connectivity index (χ4n) is 2.32. The number of hydroxylamine groups is 2. The van der Waals surface area contributed by atoms with Crippen LogP contribution in [0.1, 0.15) is 17.2 Å². The number of fused-ring (bicyclic) bond motifs is 3. The van der Waals surface area contributed by atoms with Gasteiger partial charge in [-0.05, 0) is 17.5 Å². The van der Waals surface area contributed by atoms with Crippen LogP contribution < -0.4 is 0 Å². The minimum Gasteiger partial charge on any atom is -0.274 e. The van der Waals surface area contributed by atoms with E-state index in [2.05, 4.69) is 24.3 Å². The Hall–Kier alpha value is -0.900. The monoisotopic (exact) mass is 191 g/mol. The van der Waals surface area contributed by atoms with Crippen LogP contribution in [0.4, 0.5) is 0 Å². The molecule has 0 saturated carbocycles. The molecule has 0 amide bonds. The summed E-state index contributed by atoms with van der Waals surface area (Å²) in [5.41, 5.74) is 2.73. The van der Waals surface area contributed by atoms with E-state index in [4.69, 9.17) is 9.68 Å². The van der Waals surface area contributed by atoms with Gasteiger partial charge in [-0.15, -0.1) is 0 Å². The lowest BCUT2D eigenvalue weighted by molar-refractivity contribution is -0.415. The predicted octanol–water partition coefficient (Wildman–Crippen LogP) is 1.71. The molecule has 1 aromatic carbocycles. The maximum atomic E-state index is 5.65. The van der Waals surface area contributed by atoms with Crippen molar-refractivity contribution in [1.82, 2.24) is 5.23 Å². The average Bonchev–Trinajstić information content (AvgIpc) is 2.56. The van der Waals surface area contributed by atoms with Crippen LogP contribution >= 0.6 is 0 Å². The lowest BCUT2D eigenvalue weighted by Crippen LogP contribution is -2.34. The second kappa shape index (κ2) is 3.05. The van der Waals surface area contributed by atoms with Crippen molar-refractivity contribution in [1.29, 1.82) is 0 Å². The second-order valence-corrected chi connectivity index (χ2v) is 3.92. The van der Waals surface area contributed by atoms with E-state index < -0.39 is 0 Å². The number of nitrogens with zero attached hydrogens (tertiary/aromatic N) is 1. The first-order valence-electron chi connectivity index (χ1n) is 4.96. The molecule has 0 unspecified atom stereocenters. The van der Waals surface area contributed by atoms with Gasteiger partial charge in [0.2, 0.25) is 0 Å². The Morgan fingerprint density at radius 1 is 1.36 bits per heavy atom. The number of hydrogen-bond donors (Lipinski definition) is 0. The lowest BCUT2D eigenvalue weighted by atomic mass is 10.0. The Morgan fingerprint density at radius 3 is 3.14 bits per heavy atom. The molecule has 3 heteroatoms. The van der Waals surface area contributed by atoms with Gasteiger partial charge in [0.1, 0.15) is 6.10 Å². The highest BCUT2D eigenvalue weighted by Gasteiger charge is 2.37. The molecule has 0 N–H and O–H groups in total. The van der Waals surface area contributed by atoms with E-state index in [0.29, 0.717) is 5.92 Å². The standard InChI is InChI=1S/C11H13NO2/c1-12-13-7-9-6-8-4-2-3-5-10(8)11(9)14-12/h2-5,9,11H,6-7H2,1H3/t9-,11+/m1/s1. The molecule has 2 aliphatic rings. The van der Waals surface area contributed by atoms with E-state index >= 15 is 0 Å². The SMILES string of the molecule is CN1OC[C@H]2Cc3ccccc3[C@H]2O1. The summed E-state index contributed by atoms with van der Waals surface area (Å²) in [5.74, 6) is 0.489. The third kappa shape index (κ3) is 1.17. The molecular formula is C11H13NO2. The minimum atomic E-state index is 0.199. The van der Waals surface area contributed by atoms with Gasteiger partial charge in [0.25, 0.3) is 0 Å². The summed E-state index contributed by atoms with van der Waals surface area (Å²) in [7, 11) is 1.80. The van der Waals surface area contributed by atoms with E-state index in [1.807, 2.05) is 0 Å². The quantitative estimate of drug-likeness (QED) is 0.623. The molecule has 0 aromatic heterocycles. The van der Waals surface area contributed by atoms with Crippen molar-refractivity contribution in [3.63, 3.8) is 0 Å². The first kappa shape index (κ1) is 8.41. The van der Waals surface area contributed by atoms with Crippen LogP contribution in [0, 0.1) is 5.92 Å². The Labute approximate surface area is 83.1 Å². The molecule has 1 heterocycles. The van der Waals surface area contributed by atoms with Crippen LogP contribution in [0.5, 0.6) is 0 Å². The molecular weight excluding hydrogens is 178 g/mol. The van der Waals surface area contributed by atoms with Crippen molar-refractivity contribution < 1.29 is 9.68 Å². The molecule has 1 saturated heterocycles. The highest BCUT2D eigenvalue weighted by Crippen LogP contribution is 2.41. The summed E-state index contributed by atoms with van der Waals surface area (Å²) in [5, 5.41) is 1.48. The van der Waals surface area contributed by atoms with Crippen molar-refractivity contribution in [3.05, 3.63) is 35.4 Å². The third-order valence-electron chi connectivity index (χ3n) is 3.00. The molecule has 1 aliphatic heterocycles.